The number of carbonyl (C=O) groups is 1. The lowest BCUT2D eigenvalue weighted by molar-refractivity contribution is -0.132. The van der Waals surface area contributed by atoms with Crippen molar-refractivity contribution in [1.82, 2.24) is 0 Å². The molecule has 0 amide bonds. The molecule has 90 valence electrons. The highest BCUT2D eigenvalue weighted by molar-refractivity contribution is 5.91. The molecule has 0 aromatic carbocycles. The Morgan fingerprint density at radius 3 is 2.06 bits per heavy atom. The molecule has 3 nitrogen and oxygen atoms in total. The Labute approximate surface area is 101 Å². The molecule has 0 radical (unpaired) electrons. The summed E-state index contributed by atoms with van der Waals surface area (Å²) >= 11 is 0. The van der Waals surface area contributed by atoms with Crippen molar-refractivity contribution in [2.75, 3.05) is 0 Å². The molecule has 17 heavy (non-hydrogen) atoms. The van der Waals surface area contributed by atoms with Crippen molar-refractivity contribution in [3.8, 4) is 6.07 Å². The lowest BCUT2D eigenvalue weighted by Crippen LogP contribution is -2.44. The first kappa shape index (κ1) is 10.8. The summed E-state index contributed by atoms with van der Waals surface area (Å²) in [5, 5.41) is 17.8. The lowest BCUT2D eigenvalue weighted by atomic mass is 9.52. The van der Waals surface area contributed by atoms with Gasteiger partial charge in [-0.3, -0.25) is 0 Å². The molecule has 0 aliphatic heterocycles. The van der Waals surface area contributed by atoms with E-state index in [-0.39, 0.29) is 5.57 Å². The molecule has 0 aromatic heterocycles. The second kappa shape index (κ2) is 3.87. The molecule has 4 aliphatic carbocycles. The highest BCUT2D eigenvalue weighted by atomic mass is 16.4. The van der Waals surface area contributed by atoms with Crippen molar-refractivity contribution in [3.63, 3.8) is 0 Å². The van der Waals surface area contributed by atoms with E-state index in [4.69, 9.17) is 10.4 Å². The molecule has 0 atom stereocenters. The number of aliphatic carboxylic acids is 1. The maximum absolute atomic E-state index is 10.9. The van der Waals surface area contributed by atoms with Crippen LogP contribution in [0.15, 0.2) is 11.6 Å². The average molecular weight is 231 g/mol. The van der Waals surface area contributed by atoms with Gasteiger partial charge in [0.15, 0.2) is 0 Å². The van der Waals surface area contributed by atoms with Crippen LogP contribution in [-0.2, 0) is 4.79 Å². The normalized spacial score (nSPS) is 43.5. The maximum Gasteiger partial charge on any atom is 0.346 e. The van der Waals surface area contributed by atoms with Gasteiger partial charge in [-0.15, -0.1) is 0 Å². The first-order valence-corrected chi connectivity index (χ1v) is 6.52. The summed E-state index contributed by atoms with van der Waals surface area (Å²) in [4.78, 5) is 10.9. The number of carboxylic acids is 1. The molecule has 0 aromatic rings. The van der Waals surface area contributed by atoms with Crippen LogP contribution in [0.5, 0.6) is 0 Å². The third-order valence-electron chi connectivity index (χ3n) is 5.01. The van der Waals surface area contributed by atoms with Crippen LogP contribution < -0.4 is 0 Å². The standard InChI is InChI=1S/C14H17NO2/c15-7-12(14(16)17)6-13-10-2-8-1-9(4-10)5-11(13)3-8/h6,8-11,13H,1-5H2,(H,16,17)/b12-6-. The molecule has 4 saturated carbocycles. The summed E-state index contributed by atoms with van der Waals surface area (Å²) in [6, 6.07) is 1.82. The van der Waals surface area contributed by atoms with Crippen LogP contribution in [0.1, 0.15) is 32.1 Å². The van der Waals surface area contributed by atoms with E-state index in [1.807, 2.05) is 6.07 Å². The summed E-state index contributed by atoms with van der Waals surface area (Å²) in [6.45, 7) is 0. The van der Waals surface area contributed by atoms with Crippen molar-refractivity contribution in [1.29, 1.82) is 5.26 Å². The number of nitrogens with zero attached hydrogens (tertiary/aromatic N) is 1. The van der Waals surface area contributed by atoms with E-state index in [9.17, 15) is 4.79 Å². The van der Waals surface area contributed by atoms with Crippen molar-refractivity contribution >= 4 is 5.97 Å². The molecule has 0 spiro atoms. The van der Waals surface area contributed by atoms with Crippen LogP contribution in [0.4, 0.5) is 0 Å². The van der Waals surface area contributed by atoms with Gasteiger partial charge in [-0.2, -0.15) is 5.26 Å². The predicted molar refractivity (Wildman–Crippen MR) is 61.9 cm³/mol. The molecule has 4 fully saturated rings. The Kier molecular flexibility index (Phi) is 2.47. The molecule has 4 bridgehead atoms. The SMILES string of the molecule is N#C/C(=C/C1C2CC3CC(C2)CC1C3)C(=O)O. The summed E-state index contributed by atoms with van der Waals surface area (Å²) in [7, 11) is 0. The fraction of sp³-hybridized carbons (Fsp3) is 0.714. The van der Waals surface area contributed by atoms with E-state index in [2.05, 4.69) is 0 Å². The molecule has 3 heteroatoms. The smallest absolute Gasteiger partial charge is 0.346 e. The van der Waals surface area contributed by atoms with Crippen molar-refractivity contribution in [2.45, 2.75) is 32.1 Å². The van der Waals surface area contributed by atoms with Crippen molar-refractivity contribution in [2.24, 2.45) is 29.6 Å². The Balaban J connectivity index is 1.85. The second-order valence-electron chi connectivity index (χ2n) is 6.01. The number of rotatable bonds is 2. The summed E-state index contributed by atoms with van der Waals surface area (Å²) in [5.41, 5.74) is -0.0533. The molecule has 0 heterocycles. The first-order chi connectivity index (χ1) is 8.17. The van der Waals surface area contributed by atoms with Gasteiger partial charge >= 0.3 is 5.97 Å². The Hall–Kier alpha value is -1.30. The monoisotopic (exact) mass is 231 g/mol. The molecular formula is C14H17NO2. The zero-order valence-electron chi connectivity index (χ0n) is 9.80. The third-order valence-corrected chi connectivity index (χ3v) is 5.01. The zero-order chi connectivity index (χ0) is 12.0. The zero-order valence-corrected chi connectivity index (χ0v) is 9.80. The quantitative estimate of drug-likeness (QED) is 0.587. The molecule has 4 rings (SSSR count). The highest BCUT2D eigenvalue weighted by Crippen LogP contribution is 2.57. The molecular weight excluding hydrogens is 214 g/mol. The van der Waals surface area contributed by atoms with E-state index in [0.717, 1.165) is 11.8 Å². The van der Waals surface area contributed by atoms with Crippen LogP contribution in [0.3, 0.4) is 0 Å². The van der Waals surface area contributed by atoms with Gasteiger partial charge in [0.05, 0.1) is 0 Å². The second-order valence-corrected chi connectivity index (χ2v) is 6.01. The third kappa shape index (κ3) is 1.76. The van der Waals surface area contributed by atoms with E-state index in [1.165, 1.54) is 32.1 Å². The van der Waals surface area contributed by atoms with Crippen LogP contribution >= 0.6 is 0 Å². The minimum Gasteiger partial charge on any atom is -0.477 e. The number of hydrogen-bond donors (Lipinski definition) is 1. The summed E-state index contributed by atoms with van der Waals surface area (Å²) in [5.74, 6) is 2.35. The number of allylic oxidation sites excluding steroid dienone is 1. The minimum absolute atomic E-state index is 0.0533. The summed E-state index contributed by atoms with van der Waals surface area (Å²) in [6.07, 6.45) is 8.18. The van der Waals surface area contributed by atoms with Gasteiger partial charge in [-0.05, 0) is 61.7 Å². The maximum atomic E-state index is 10.9. The van der Waals surface area contributed by atoms with Crippen molar-refractivity contribution in [3.05, 3.63) is 11.6 Å². The fourth-order valence-corrected chi connectivity index (χ4v) is 4.59. The number of nitriles is 1. The summed E-state index contributed by atoms with van der Waals surface area (Å²) < 4.78 is 0. The molecule has 0 unspecified atom stereocenters. The molecule has 4 aliphatic rings. The largest absolute Gasteiger partial charge is 0.477 e. The highest BCUT2D eigenvalue weighted by Gasteiger charge is 2.47. The van der Waals surface area contributed by atoms with E-state index < -0.39 is 5.97 Å². The van der Waals surface area contributed by atoms with Gasteiger partial charge in [0, 0.05) is 0 Å². The minimum atomic E-state index is -1.07. The van der Waals surface area contributed by atoms with Gasteiger partial charge in [0.1, 0.15) is 11.6 Å². The van der Waals surface area contributed by atoms with Gasteiger partial charge in [0.2, 0.25) is 0 Å². The first-order valence-electron chi connectivity index (χ1n) is 6.52. The Morgan fingerprint density at radius 1 is 1.12 bits per heavy atom. The van der Waals surface area contributed by atoms with Gasteiger partial charge < -0.3 is 5.11 Å². The fourth-order valence-electron chi connectivity index (χ4n) is 4.59. The molecule has 1 N–H and O–H groups in total. The average Bonchev–Trinajstić information content (AvgIpc) is 2.27. The van der Waals surface area contributed by atoms with Gasteiger partial charge in [-0.25, -0.2) is 4.79 Å². The molecule has 0 saturated heterocycles. The van der Waals surface area contributed by atoms with Crippen LogP contribution in [0, 0.1) is 40.9 Å². The van der Waals surface area contributed by atoms with Gasteiger partial charge in [-0.1, -0.05) is 6.08 Å². The van der Waals surface area contributed by atoms with Crippen LogP contribution in [0.2, 0.25) is 0 Å². The Morgan fingerprint density at radius 2 is 1.65 bits per heavy atom. The number of hydrogen-bond acceptors (Lipinski definition) is 2. The number of carboxylic acid groups (broad SMARTS) is 1. The van der Waals surface area contributed by atoms with E-state index >= 15 is 0 Å². The van der Waals surface area contributed by atoms with Crippen LogP contribution in [0.25, 0.3) is 0 Å². The lowest BCUT2D eigenvalue weighted by Gasteiger charge is -2.53. The van der Waals surface area contributed by atoms with E-state index in [0.29, 0.717) is 17.8 Å². The van der Waals surface area contributed by atoms with Crippen molar-refractivity contribution < 1.29 is 9.90 Å². The van der Waals surface area contributed by atoms with Crippen LogP contribution in [-0.4, -0.2) is 11.1 Å². The Bertz CT molecular complexity index is 390. The van der Waals surface area contributed by atoms with E-state index in [1.54, 1.807) is 6.08 Å². The van der Waals surface area contributed by atoms with Gasteiger partial charge in [0.25, 0.3) is 0 Å². The predicted octanol–water partition coefficient (Wildman–Crippen LogP) is 2.59. The topological polar surface area (TPSA) is 61.1 Å².